The van der Waals surface area contributed by atoms with Gasteiger partial charge in [-0.3, -0.25) is 9.79 Å². The van der Waals surface area contributed by atoms with Crippen LogP contribution in [0.3, 0.4) is 0 Å². The zero-order valence-electron chi connectivity index (χ0n) is 16.0. The van der Waals surface area contributed by atoms with Crippen molar-refractivity contribution in [1.29, 1.82) is 0 Å². The minimum absolute atomic E-state index is 0. The molecule has 0 atom stereocenters. The van der Waals surface area contributed by atoms with E-state index >= 15 is 0 Å². The lowest BCUT2D eigenvalue weighted by Crippen LogP contribution is -2.38. The van der Waals surface area contributed by atoms with Crippen molar-refractivity contribution in [2.24, 2.45) is 4.99 Å². The molecule has 0 unspecified atom stereocenters. The van der Waals surface area contributed by atoms with Crippen LogP contribution in [0.1, 0.15) is 24.5 Å². The fourth-order valence-corrected chi connectivity index (χ4v) is 2.65. The molecule has 6 heteroatoms. The van der Waals surface area contributed by atoms with Gasteiger partial charge in [0, 0.05) is 32.7 Å². The number of hydrogen-bond donors (Lipinski definition) is 3. The maximum atomic E-state index is 11.0. The average molecular weight is 480 g/mol. The van der Waals surface area contributed by atoms with Crippen LogP contribution in [0.5, 0.6) is 0 Å². The molecule has 0 aromatic heterocycles. The first-order valence-corrected chi connectivity index (χ1v) is 9.02. The van der Waals surface area contributed by atoms with Crippen LogP contribution in [-0.2, 0) is 17.6 Å². The van der Waals surface area contributed by atoms with Crippen molar-refractivity contribution in [3.63, 3.8) is 0 Å². The Kier molecular flexibility index (Phi) is 11.2. The van der Waals surface area contributed by atoms with Crippen molar-refractivity contribution in [1.82, 2.24) is 10.6 Å². The second-order valence-corrected chi connectivity index (χ2v) is 6.14. The standard InChI is InChI=1S/C21H28N4O.HI/c1-17(26)25-20-12-10-19(11-13-20)14-16-24-21(22-2)23-15-6-9-18-7-4-3-5-8-18;/h3-5,7-8,10-13H,6,9,14-16H2,1-2H3,(H,25,26)(H2,22,23,24);1H. The highest BCUT2D eigenvalue weighted by Crippen LogP contribution is 2.09. The third-order valence-electron chi connectivity index (χ3n) is 3.98. The van der Waals surface area contributed by atoms with E-state index < -0.39 is 0 Å². The summed E-state index contributed by atoms with van der Waals surface area (Å²) >= 11 is 0. The largest absolute Gasteiger partial charge is 0.356 e. The number of guanidine groups is 1. The second kappa shape index (κ2) is 13.1. The molecule has 0 aliphatic heterocycles. The monoisotopic (exact) mass is 480 g/mol. The van der Waals surface area contributed by atoms with Gasteiger partial charge in [0.25, 0.3) is 0 Å². The molecule has 5 nitrogen and oxygen atoms in total. The van der Waals surface area contributed by atoms with Crippen LogP contribution in [0.25, 0.3) is 0 Å². The fourth-order valence-electron chi connectivity index (χ4n) is 2.65. The normalized spacial score (nSPS) is 10.7. The van der Waals surface area contributed by atoms with Gasteiger partial charge in [0.15, 0.2) is 5.96 Å². The number of nitrogens with one attached hydrogen (secondary N) is 3. The van der Waals surface area contributed by atoms with Crippen LogP contribution in [0.2, 0.25) is 0 Å². The second-order valence-electron chi connectivity index (χ2n) is 6.14. The highest BCUT2D eigenvalue weighted by Gasteiger charge is 2.00. The number of benzene rings is 2. The molecule has 0 spiro atoms. The topological polar surface area (TPSA) is 65.5 Å². The molecule has 0 bridgehead atoms. The summed E-state index contributed by atoms with van der Waals surface area (Å²) in [6.45, 7) is 3.20. The van der Waals surface area contributed by atoms with Crippen LogP contribution in [-0.4, -0.2) is 32.0 Å². The summed E-state index contributed by atoms with van der Waals surface area (Å²) < 4.78 is 0. The molecule has 0 fully saturated rings. The van der Waals surface area contributed by atoms with E-state index in [1.165, 1.54) is 18.1 Å². The summed E-state index contributed by atoms with van der Waals surface area (Å²) in [5.74, 6) is 0.773. The van der Waals surface area contributed by atoms with E-state index in [1.54, 1.807) is 7.05 Å². The molecule has 2 rings (SSSR count). The number of anilines is 1. The van der Waals surface area contributed by atoms with Crippen molar-refractivity contribution in [3.05, 3.63) is 65.7 Å². The number of halogens is 1. The lowest BCUT2D eigenvalue weighted by molar-refractivity contribution is -0.114. The van der Waals surface area contributed by atoms with Crippen LogP contribution in [0, 0.1) is 0 Å². The summed E-state index contributed by atoms with van der Waals surface area (Å²) in [4.78, 5) is 15.3. The number of nitrogens with zero attached hydrogens (tertiary/aromatic N) is 1. The molecule has 0 aliphatic rings. The van der Waals surface area contributed by atoms with Gasteiger partial charge in [-0.15, -0.1) is 24.0 Å². The average Bonchev–Trinajstić information content (AvgIpc) is 2.65. The number of hydrogen-bond acceptors (Lipinski definition) is 2. The molecule has 0 aliphatic carbocycles. The maximum absolute atomic E-state index is 11.0. The van der Waals surface area contributed by atoms with Crippen molar-refractivity contribution >= 4 is 41.5 Å². The zero-order chi connectivity index (χ0) is 18.6. The number of aryl methyl sites for hydroxylation is 1. The molecule has 1 amide bonds. The summed E-state index contributed by atoms with van der Waals surface area (Å²) in [6, 6.07) is 18.4. The molecule has 2 aromatic rings. The summed E-state index contributed by atoms with van der Waals surface area (Å²) in [7, 11) is 1.79. The van der Waals surface area contributed by atoms with Gasteiger partial charge < -0.3 is 16.0 Å². The number of amides is 1. The van der Waals surface area contributed by atoms with E-state index in [0.29, 0.717) is 0 Å². The summed E-state index contributed by atoms with van der Waals surface area (Å²) in [6.07, 6.45) is 3.02. The Hall–Kier alpha value is -2.09. The van der Waals surface area contributed by atoms with E-state index in [1.807, 2.05) is 30.3 Å². The Morgan fingerprint density at radius 2 is 1.52 bits per heavy atom. The molecule has 3 N–H and O–H groups in total. The van der Waals surface area contributed by atoms with Crippen LogP contribution >= 0.6 is 24.0 Å². The third-order valence-corrected chi connectivity index (χ3v) is 3.98. The highest BCUT2D eigenvalue weighted by atomic mass is 127. The van der Waals surface area contributed by atoms with E-state index in [4.69, 9.17) is 0 Å². The zero-order valence-corrected chi connectivity index (χ0v) is 18.3. The fraction of sp³-hybridized carbons (Fsp3) is 0.333. The van der Waals surface area contributed by atoms with Crippen LogP contribution in [0.4, 0.5) is 5.69 Å². The molecule has 0 radical (unpaired) electrons. The van der Waals surface area contributed by atoms with Gasteiger partial charge in [0.2, 0.25) is 5.91 Å². The van der Waals surface area contributed by atoms with Gasteiger partial charge >= 0.3 is 0 Å². The Morgan fingerprint density at radius 3 is 2.15 bits per heavy atom. The predicted molar refractivity (Wildman–Crippen MR) is 124 cm³/mol. The van der Waals surface area contributed by atoms with Crippen molar-refractivity contribution in [3.8, 4) is 0 Å². The van der Waals surface area contributed by atoms with Gasteiger partial charge in [-0.05, 0) is 42.5 Å². The SMILES string of the molecule is CN=C(NCCCc1ccccc1)NCCc1ccc(NC(C)=O)cc1.I. The molecular weight excluding hydrogens is 451 g/mol. The highest BCUT2D eigenvalue weighted by molar-refractivity contribution is 14.0. The number of carbonyl (C=O) groups is 1. The maximum Gasteiger partial charge on any atom is 0.221 e. The van der Waals surface area contributed by atoms with Gasteiger partial charge in [-0.1, -0.05) is 42.5 Å². The first kappa shape index (κ1) is 23.0. The number of aliphatic imine (C=N–C) groups is 1. The molecule has 27 heavy (non-hydrogen) atoms. The summed E-state index contributed by atoms with van der Waals surface area (Å²) in [5, 5.41) is 9.45. The van der Waals surface area contributed by atoms with E-state index in [2.05, 4.69) is 45.2 Å². The first-order valence-electron chi connectivity index (χ1n) is 9.02. The third kappa shape index (κ3) is 9.42. The Balaban J connectivity index is 0.00000364. The minimum atomic E-state index is -0.0541. The van der Waals surface area contributed by atoms with E-state index in [0.717, 1.165) is 44.0 Å². The Labute approximate surface area is 179 Å². The first-order chi connectivity index (χ1) is 12.7. The van der Waals surface area contributed by atoms with Crippen molar-refractivity contribution in [2.45, 2.75) is 26.2 Å². The molecule has 2 aromatic carbocycles. The Morgan fingerprint density at radius 1 is 0.889 bits per heavy atom. The molecule has 146 valence electrons. The van der Waals surface area contributed by atoms with E-state index in [9.17, 15) is 4.79 Å². The Bertz CT molecular complexity index is 702. The van der Waals surface area contributed by atoms with Crippen molar-refractivity contribution < 1.29 is 4.79 Å². The van der Waals surface area contributed by atoms with Crippen LogP contribution in [0.15, 0.2) is 59.6 Å². The van der Waals surface area contributed by atoms with Gasteiger partial charge in [0.05, 0.1) is 0 Å². The minimum Gasteiger partial charge on any atom is -0.356 e. The predicted octanol–water partition coefficient (Wildman–Crippen LogP) is 3.60. The van der Waals surface area contributed by atoms with E-state index in [-0.39, 0.29) is 29.9 Å². The number of rotatable bonds is 8. The quantitative estimate of drug-likeness (QED) is 0.234. The van der Waals surface area contributed by atoms with Gasteiger partial charge in [0.1, 0.15) is 0 Å². The van der Waals surface area contributed by atoms with Crippen LogP contribution < -0.4 is 16.0 Å². The molecule has 0 saturated heterocycles. The lowest BCUT2D eigenvalue weighted by atomic mass is 10.1. The van der Waals surface area contributed by atoms with Gasteiger partial charge in [-0.25, -0.2) is 0 Å². The smallest absolute Gasteiger partial charge is 0.221 e. The molecule has 0 saturated carbocycles. The molecule has 0 heterocycles. The van der Waals surface area contributed by atoms with Crippen molar-refractivity contribution in [2.75, 3.05) is 25.5 Å². The number of carbonyl (C=O) groups excluding carboxylic acids is 1. The lowest BCUT2D eigenvalue weighted by Gasteiger charge is -2.12. The van der Waals surface area contributed by atoms with Gasteiger partial charge in [-0.2, -0.15) is 0 Å². The summed E-state index contributed by atoms with van der Waals surface area (Å²) in [5.41, 5.74) is 3.40. The molecular formula is C21H29IN4O.